The molecule has 5 heteroatoms. The van der Waals surface area contributed by atoms with Crippen molar-refractivity contribution in [1.29, 1.82) is 0 Å². The van der Waals surface area contributed by atoms with E-state index >= 15 is 0 Å². The van der Waals surface area contributed by atoms with Crippen LogP contribution in [0.2, 0.25) is 0 Å². The van der Waals surface area contributed by atoms with Gasteiger partial charge in [-0.15, -0.1) is 0 Å². The minimum Gasteiger partial charge on any atom is -0.478 e. The molecule has 0 saturated heterocycles. The largest absolute Gasteiger partial charge is 0.478 e. The lowest BCUT2D eigenvalue weighted by atomic mass is 9.92. The van der Waals surface area contributed by atoms with Crippen LogP contribution in [0.5, 0.6) is 0 Å². The van der Waals surface area contributed by atoms with Gasteiger partial charge in [-0.25, -0.2) is 9.59 Å². The van der Waals surface area contributed by atoms with Crippen molar-refractivity contribution >= 4 is 11.9 Å². The number of aromatic carboxylic acids is 2. The second kappa shape index (κ2) is 3.94. The van der Waals surface area contributed by atoms with E-state index in [0.717, 1.165) is 18.5 Å². The average Bonchev–Trinajstić information content (AvgIpc) is 2.27. The molecule has 1 aromatic carbocycles. The molecule has 3 N–H and O–H groups in total. The van der Waals surface area contributed by atoms with Gasteiger partial charge in [0.2, 0.25) is 0 Å². The van der Waals surface area contributed by atoms with Crippen molar-refractivity contribution in [3.63, 3.8) is 0 Å². The van der Waals surface area contributed by atoms with Gasteiger partial charge in [0.1, 0.15) is 0 Å². The molecular weight excluding hydrogens is 210 g/mol. The molecule has 0 atom stereocenters. The Labute approximate surface area is 91.7 Å². The first-order valence-corrected chi connectivity index (χ1v) is 4.93. The van der Waals surface area contributed by atoms with E-state index in [9.17, 15) is 9.59 Å². The van der Waals surface area contributed by atoms with Crippen molar-refractivity contribution in [2.45, 2.75) is 13.0 Å². The third kappa shape index (κ3) is 1.65. The maximum atomic E-state index is 11.1. The Morgan fingerprint density at radius 3 is 2.56 bits per heavy atom. The van der Waals surface area contributed by atoms with Gasteiger partial charge in [-0.2, -0.15) is 0 Å². The number of hydrogen-bond donors (Lipinski definition) is 3. The topological polar surface area (TPSA) is 86.6 Å². The van der Waals surface area contributed by atoms with Crippen LogP contribution >= 0.6 is 0 Å². The van der Waals surface area contributed by atoms with Crippen molar-refractivity contribution in [3.05, 3.63) is 34.4 Å². The molecule has 16 heavy (non-hydrogen) atoms. The Balaban J connectivity index is 2.66. The Bertz CT molecular complexity index is 467. The monoisotopic (exact) mass is 221 g/mol. The SMILES string of the molecule is O=C(O)c1ccc2c(c1C(=O)O)CNCC2. The second-order valence-corrected chi connectivity index (χ2v) is 3.66. The van der Waals surface area contributed by atoms with Gasteiger partial charge >= 0.3 is 11.9 Å². The molecule has 5 nitrogen and oxygen atoms in total. The summed E-state index contributed by atoms with van der Waals surface area (Å²) in [6.07, 6.45) is 0.732. The molecule has 0 spiro atoms. The maximum Gasteiger partial charge on any atom is 0.336 e. The molecule has 1 heterocycles. The Kier molecular flexibility index (Phi) is 2.62. The van der Waals surface area contributed by atoms with Gasteiger partial charge in [0.05, 0.1) is 11.1 Å². The summed E-state index contributed by atoms with van der Waals surface area (Å²) in [5, 5.41) is 21.1. The summed E-state index contributed by atoms with van der Waals surface area (Å²) in [6.45, 7) is 1.20. The molecule has 0 fully saturated rings. The standard InChI is InChI=1S/C11H11NO4/c13-10(14)7-2-1-6-3-4-12-5-8(6)9(7)11(15)16/h1-2,12H,3-5H2,(H,13,14)(H,15,16). The van der Waals surface area contributed by atoms with Gasteiger partial charge in [-0.3, -0.25) is 0 Å². The number of benzene rings is 1. The number of carboxylic acids is 2. The number of fused-ring (bicyclic) bond motifs is 1. The number of rotatable bonds is 2. The fraction of sp³-hybridized carbons (Fsp3) is 0.273. The normalized spacial score (nSPS) is 14.2. The smallest absolute Gasteiger partial charge is 0.336 e. The van der Waals surface area contributed by atoms with E-state index in [1.165, 1.54) is 6.07 Å². The minimum atomic E-state index is -1.20. The number of carbonyl (C=O) groups is 2. The Morgan fingerprint density at radius 2 is 1.94 bits per heavy atom. The molecule has 0 amide bonds. The van der Waals surface area contributed by atoms with Crippen LogP contribution in [0, 0.1) is 0 Å². The molecule has 1 aliphatic rings. The summed E-state index contributed by atoms with van der Waals surface area (Å²) in [6, 6.07) is 3.07. The van der Waals surface area contributed by atoms with Crippen molar-refractivity contribution < 1.29 is 19.8 Å². The number of carboxylic acid groups (broad SMARTS) is 2. The van der Waals surface area contributed by atoms with Crippen LogP contribution in [0.3, 0.4) is 0 Å². The van der Waals surface area contributed by atoms with Gasteiger partial charge in [0.15, 0.2) is 0 Å². The predicted molar refractivity (Wildman–Crippen MR) is 55.8 cm³/mol. The van der Waals surface area contributed by atoms with E-state index in [4.69, 9.17) is 10.2 Å². The highest BCUT2D eigenvalue weighted by Gasteiger charge is 2.23. The van der Waals surface area contributed by atoms with E-state index in [2.05, 4.69) is 5.32 Å². The zero-order valence-corrected chi connectivity index (χ0v) is 8.49. The van der Waals surface area contributed by atoms with Crippen LogP contribution in [0.4, 0.5) is 0 Å². The zero-order chi connectivity index (χ0) is 11.7. The van der Waals surface area contributed by atoms with E-state index in [0.29, 0.717) is 12.1 Å². The van der Waals surface area contributed by atoms with Gasteiger partial charge in [0, 0.05) is 6.54 Å². The molecule has 0 unspecified atom stereocenters. The highest BCUT2D eigenvalue weighted by molar-refractivity contribution is 6.03. The lowest BCUT2D eigenvalue weighted by molar-refractivity contribution is 0.0650. The molecular formula is C11H11NO4. The van der Waals surface area contributed by atoms with E-state index in [1.807, 2.05) is 0 Å². The quantitative estimate of drug-likeness (QED) is 0.685. The molecule has 1 aromatic rings. The summed E-state index contributed by atoms with van der Waals surface area (Å²) >= 11 is 0. The number of nitrogens with one attached hydrogen (secondary N) is 1. The van der Waals surface area contributed by atoms with Gasteiger partial charge in [-0.1, -0.05) is 6.07 Å². The lowest BCUT2D eigenvalue weighted by Gasteiger charge is -2.20. The van der Waals surface area contributed by atoms with Crippen LogP contribution in [0.25, 0.3) is 0 Å². The molecule has 2 rings (SSSR count). The summed E-state index contributed by atoms with van der Waals surface area (Å²) in [7, 11) is 0. The van der Waals surface area contributed by atoms with Crippen LogP contribution in [-0.4, -0.2) is 28.7 Å². The highest BCUT2D eigenvalue weighted by atomic mass is 16.4. The number of hydrogen-bond acceptors (Lipinski definition) is 3. The first-order chi connectivity index (χ1) is 7.61. The summed E-state index contributed by atoms with van der Waals surface area (Å²) in [5.41, 5.74) is 1.28. The highest BCUT2D eigenvalue weighted by Crippen LogP contribution is 2.22. The van der Waals surface area contributed by atoms with Gasteiger partial charge < -0.3 is 15.5 Å². The van der Waals surface area contributed by atoms with Crippen LogP contribution < -0.4 is 5.32 Å². The van der Waals surface area contributed by atoms with E-state index < -0.39 is 11.9 Å². The molecule has 1 aliphatic heterocycles. The first-order valence-electron chi connectivity index (χ1n) is 4.93. The van der Waals surface area contributed by atoms with E-state index in [-0.39, 0.29) is 11.1 Å². The van der Waals surface area contributed by atoms with Crippen LogP contribution in [0.1, 0.15) is 31.8 Å². The summed E-state index contributed by atoms with van der Waals surface area (Å²) in [5.74, 6) is -2.39. The van der Waals surface area contributed by atoms with Gasteiger partial charge in [0.25, 0.3) is 0 Å². The molecule has 84 valence electrons. The second-order valence-electron chi connectivity index (χ2n) is 3.66. The van der Waals surface area contributed by atoms with Crippen molar-refractivity contribution in [1.82, 2.24) is 5.32 Å². The van der Waals surface area contributed by atoms with Crippen LogP contribution in [0.15, 0.2) is 12.1 Å². The third-order valence-electron chi connectivity index (χ3n) is 2.73. The molecule has 0 aromatic heterocycles. The Hall–Kier alpha value is -1.88. The van der Waals surface area contributed by atoms with Crippen LogP contribution in [-0.2, 0) is 13.0 Å². The maximum absolute atomic E-state index is 11.1. The molecule has 0 bridgehead atoms. The van der Waals surface area contributed by atoms with Crippen molar-refractivity contribution in [3.8, 4) is 0 Å². The lowest BCUT2D eigenvalue weighted by Crippen LogP contribution is -2.27. The Morgan fingerprint density at radius 1 is 1.19 bits per heavy atom. The first kappa shape index (κ1) is 10.6. The average molecular weight is 221 g/mol. The minimum absolute atomic E-state index is 0.0859. The third-order valence-corrected chi connectivity index (χ3v) is 2.73. The summed E-state index contributed by atoms with van der Waals surface area (Å²) in [4.78, 5) is 22.0. The van der Waals surface area contributed by atoms with E-state index in [1.54, 1.807) is 6.07 Å². The molecule has 0 radical (unpaired) electrons. The predicted octanol–water partition coefficient (Wildman–Crippen LogP) is 0.729. The molecule has 0 saturated carbocycles. The van der Waals surface area contributed by atoms with Crippen molar-refractivity contribution in [2.24, 2.45) is 0 Å². The zero-order valence-electron chi connectivity index (χ0n) is 8.49. The molecule has 0 aliphatic carbocycles. The van der Waals surface area contributed by atoms with Crippen molar-refractivity contribution in [2.75, 3.05) is 6.54 Å². The van der Waals surface area contributed by atoms with Gasteiger partial charge in [-0.05, 0) is 30.2 Å². The fourth-order valence-electron chi connectivity index (χ4n) is 1.99. The fourth-order valence-corrected chi connectivity index (χ4v) is 1.99. The summed E-state index contributed by atoms with van der Waals surface area (Å²) < 4.78 is 0.